The van der Waals surface area contributed by atoms with Crippen LogP contribution in [0, 0.1) is 5.92 Å². The van der Waals surface area contributed by atoms with E-state index in [1.165, 1.54) is 0 Å². The first-order valence-corrected chi connectivity index (χ1v) is 5.88. The fraction of sp³-hybridized carbons (Fsp3) is 0.429. The number of aldehydes is 1. The van der Waals surface area contributed by atoms with E-state index in [9.17, 15) is 4.79 Å². The molecule has 4 heteroatoms. The maximum absolute atomic E-state index is 11.6. The van der Waals surface area contributed by atoms with Crippen molar-refractivity contribution < 1.29 is 14.6 Å². The molecule has 1 rings (SSSR count). The maximum Gasteiger partial charge on any atom is 0.145 e. The highest BCUT2D eigenvalue weighted by Crippen LogP contribution is 2.31. The summed E-state index contributed by atoms with van der Waals surface area (Å²) in [6.45, 7) is 4.10. The zero-order valence-electron chi connectivity index (χ0n) is 11.1. The molecule has 99 valence electrons. The summed E-state index contributed by atoms with van der Waals surface area (Å²) in [4.78, 5) is 11.6. The molecule has 0 bridgehead atoms. The molecule has 0 saturated carbocycles. The highest BCUT2D eigenvalue weighted by atomic mass is 16.5. The van der Waals surface area contributed by atoms with E-state index in [0.29, 0.717) is 12.3 Å². The molecule has 18 heavy (non-hydrogen) atoms. The molecule has 0 spiro atoms. The van der Waals surface area contributed by atoms with E-state index in [-0.39, 0.29) is 6.61 Å². The van der Waals surface area contributed by atoms with Crippen LogP contribution >= 0.6 is 0 Å². The van der Waals surface area contributed by atoms with Gasteiger partial charge in [0.2, 0.25) is 0 Å². The molecular weight excluding hydrogens is 230 g/mol. The Morgan fingerprint density at radius 3 is 2.72 bits per heavy atom. The number of methoxy groups -OCH3 is 1. The quantitative estimate of drug-likeness (QED) is 0.716. The van der Waals surface area contributed by atoms with E-state index in [1.807, 2.05) is 38.1 Å². The fourth-order valence-corrected chi connectivity index (χ4v) is 1.92. The zero-order chi connectivity index (χ0) is 13.6. The van der Waals surface area contributed by atoms with Crippen LogP contribution in [0.15, 0.2) is 24.3 Å². The van der Waals surface area contributed by atoms with Gasteiger partial charge in [0.25, 0.3) is 0 Å². The van der Waals surface area contributed by atoms with Crippen LogP contribution in [0.4, 0.5) is 0 Å². The Labute approximate surface area is 108 Å². The fourth-order valence-electron chi connectivity index (χ4n) is 1.92. The van der Waals surface area contributed by atoms with Gasteiger partial charge in [-0.25, -0.2) is 0 Å². The highest BCUT2D eigenvalue weighted by Gasteiger charge is 2.35. The van der Waals surface area contributed by atoms with Crippen LogP contribution in [0.25, 0.3) is 0 Å². The number of aliphatic hydroxyl groups excluding tert-OH is 1. The number of hydrogen-bond donors (Lipinski definition) is 2. The van der Waals surface area contributed by atoms with E-state index in [4.69, 9.17) is 9.84 Å². The summed E-state index contributed by atoms with van der Waals surface area (Å²) in [5, 5.41) is 12.0. The molecule has 1 aromatic rings. The SMILES string of the molecule is COc1cccc(C(C=O)(NCCO)[C](C)C)c1. The summed E-state index contributed by atoms with van der Waals surface area (Å²) >= 11 is 0. The van der Waals surface area contributed by atoms with Crippen LogP contribution in [0.2, 0.25) is 0 Å². The third-order valence-corrected chi connectivity index (χ3v) is 3.01. The van der Waals surface area contributed by atoms with E-state index >= 15 is 0 Å². The lowest BCUT2D eigenvalue weighted by Crippen LogP contribution is -2.48. The maximum atomic E-state index is 11.6. The van der Waals surface area contributed by atoms with E-state index in [0.717, 1.165) is 17.8 Å². The van der Waals surface area contributed by atoms with Gasteiger partial charge in [-0.3, -0.25) is 5.32 Å². The van der Waals surface area contributed by atoms with Crippen LogP contribution < -0.4 is 10.1 Å². The summed E-state index contributed by atoms with van der Waals surface area (Å²) in [5.74, 6) is 1.62. The van der Waals surface area contributed by atoms with Gasteiger partial charge in [0.1, 0.15) is 17.6 Å². The number of carbonyl (C=O) groups excluding carboxylic acids is 1. The van der Waals surface area contributed by atoms with Crippen LogP contribution in [0.3, 0.4) is 0 Å². The minimum atomic E-state index is -0.878. The summed E-state index contributed by atoms with van der Waals surface area (Å²) in [6, 6.07) is 7.37. The van der Waals surface area contributed by atoms with Gasteiger partial charge in [0.15, 0.2) is 0 Å². The Kier molecular flexibility index (Phi) is 5.31. The van der Waals surface area contributed by atoms with Crippen LogP contribution in [0.5, 0.6) is 5.75 Å². The summed E-state index contributed by atoms with van der Waals surface area (Å²) in [5.41, 5.74) is -0.0672. The second-order valence-corrected chi connectivity index (χ2v) is 4.31. The predicted octanol–water partition coefficient (Wildman–Crippen LogP) is 1.29. The average molecular weight is 250 g/mol. The van der Waals surface area contributed by atoms with Gasteiger partial charge in [0.05, 0.1) is 13.7 Å². The monoisotopic (exact) mass is 250 g/mol. The van der Waals surface area contributed by atoms with Gasteiger partial charge >= 0.3 is 0 Å². The van der Waals surface area contributed by atoms with Crippen molar-refractivity contribution >= 4 is 6.29 Å². The first-order valence-electron chi connectivity index (χ1n) is 5.88. The Morgan fingerprint density at radius 2 is 2.22 bits per heavy atom. The Hall–Kier alpha value is -1.39. The number of rotatable bonds is 7. The Morgan fingerprint density at radius 1 is 1.50 bits per heavy atom. The Balaban J connectivity index is 3.18. The molecule has 0 aliphatic heterocycles. The molecule has 2 N–H and O–H groups in total. The summed E-state index contributed by atoms with van der Waals surface area (Å²) in [6.07, 6.45) is 0.868. The van der Waals surface area contributed by atoms with Gasteiger partial charge < -0.3 is 14.6 Å². The van der Waals surface area contributed by atoms with Crippen LogP contribution in [0.1, 0.15) is 19.4 Å². The number of benzene rings is 1. The van der Waals surface area contributed by atoms with Crippen molar-refractivity contribution in [1.29, 1.82) is 0 Å². The zero-order valence-corrected chi connectivity index (χ0v) is 11.1. The van der Waals surface area contributed by atoms with Crippen LogP contribution in [-0.4, -0.2) is 31.7 Å². The molecule has 0 aliphatic carbocycles. The first kappa shape index (κ1) is 14.7. The lowest BCUT2D eigenvalue weighted by Gasteiger charge is -2.33. The predicted molar refractivity (Wildman–Crippen MR) is 70.4 cm³/mol. The minimum Gasteiger partial charge on any atom is -0.497 e. The van der Waals surface area contributed by atoms with E-state index in [2.05, 4.69) is 5.32 Å². The molecule has 0 aromatic heterocycles. The van der Waals surface area contributed by atoms with Gasteiger partial charge in [-0.1, -0.05) is 26.0 Å². The van der Waals surface area contributed by atoms with Crippen molar-refractivity contribution in [3.63, 3.8) is 0 Å². The third kappa shape index (κ3) is 2.89. The second kappa shape index (κ2) is 6.52. The molecule has 1 unspecified atom stereocenters. The summed E-state index contributed by atoms with van der Waals surface area (Å²) in [7, 11) is 1.59. The molecule has 0 amide bonds. The molecule has 0 heterocycles. The van der Waals surface area contributed by atoms with Crippen molar-refractivity contribution in [2.45, 2.75) is 19.4 Å². The standard InChI is InChI=1S/C14H20NO3/c1-11(2)14(10-17,15-7-8-16)12-5-4-6-13(9-12)18-3/h4-6,9-10,15-16H,7-8H2,1-3H3. The smallest absolute Gasteiger partial charge is 0.145 e. The van der Waals surface area contributed by atoms with Crippen molar-refractivity contribution in [2.24, 2.45) is 0 Å². The molecule has 1 radical (unpaired) electrons. The molecule has 1 aromatic carbocycles. The highest BCUT2D eigenvalue weighted by molar-refractivity contribution is 5.72. The Bertz CT molecular complexity index is 392. The van der Waals surface area contributed by atoms with E-state index in [1.54, 1.807) is 7.11 Å². The van der Waals surface area contributed by atoms with Crippen molar-refractivity contribution in [3.8, 4) is 5.75 Å². The third-order valence-electron chi connectivity index (χ3n) is 3.01. The largest absolute Gasteiger partial charge is 0.497 e. The molecular formula is C14H20NO3. The number of ether oxygens (including phenoxy) is 1. The molecule has 4 nitrogen and oxygen atoms in total. The van der Waals surface area contributed by atoms with Gasteiger partial charge in [0, 0.05) is 12.5 Å². The molecule has 1 atom stereocenters. The molecule has 0 aliphatic rings. The normalized spacial score (nSPS) is 14.3. The first-order chi connectivity index (χ1) is 8.60. The number of hydrogen-bond acceptors (Lipinski definition) is 4. The number of carbonyl (C=O) groups is 1. The summed E-state index contributed by atoms with van der Waals surface area (Å²) < 4.78 is 5.18. The lowest BCUT2D eigenvalue weighted by atomic mass is 9.81. The van der Waals surface area contributed by atoms with Gasteiger partial charge in [-0.15, -0.1) is 0 Å². The van der Waals surface area contributed by atoms with Crippen molar-refractivity contribution in [2.75, 3.05) is 20.3 Å². The number of nitrogens with one attached hydrogen (secondary N) is 1. The van der Waals surface area contributed by atoms with Crippen molar-refractivity contribution in [1.82, 2.24) is 5.32 Å². The second-order valence-electron chi connectivity index (χ2n) is 4.31. The topological polar surface area (TPSA) is 58.6 Å². The van der Waals surface area contributed by atoms with Gasteiger partial charge in [-0.05, 0) is 17.7 Å². The van der Waals surface area contributed by atoms with Gasteiger partial charge in [-0.2, -0.15) is 0 Å². The van der Waals surface area contributed by atoms with E-state index < -0.39 is 5.54 Å². The number of aliphatic hydroxyl groups is 1. The molecule has 0 saturated heterocycles. The average Bonchev–Trinajstić information content (AvgIpc) is 2.40. The van der Waals surface area contributed by atoms with Crippen LogP contribution in [-0.2, 0) is 10.3 Å². The van der Waals surface area contributed by atoms with Crippen molar-refractivity contribution in [3.05, 3.63) is 35.7 Å². The minimum absolute atomic E-state index is 0.0210. The molecule has 0 fully saturated rings. The lowest BCUT2D eigenvalue weighted by molar-refractivity contribution is -0.113.